The van der Waals surface area contributed by atoms with Crippen molar-refractivity contribution in [2.75, 3.05) is 0 Å². The maximum atomic E-state index is 12.3. The Kier molecular flexibility index (Phi) is 3.25. The highest BCUT2D eigenvalue weighted by atomic mass is 16.4. The second-order valence-electron chi connectivity index (χ2n) is 4.68. The first-order valence-corrected chi connectivity index (χ1v) is 5.90. The summed E-state index contributed by atoms with van der Waals surface area (Å²) < 4.78 is 0.773. The molecule has 0 spiro atoms. The van der Waals surface area contributed by atoms with Crippen LogP contribution in [0.15, 0.2) is 33.9 Å². The largest absolute Gasteiger partial charge is 0.480 e. The van der Waals surface area contributed by atoms with Crippen LogP contribution in [-0.2, 0) is 4.79 Å². The van der Waals surface area contributed by atoms with Gasteiger partial charge in [-0.1, -0.05) is 26.0 Å². The lowest BCUT2D eigenvalue weighted by Crippen LogP contribution is -2.42. The van der Waals surface area contributed by atoms with Crippen LogP contribution in [0, 0.1) is 5.92 Å². The summed E-state index contributed by atoms with van der Waals surface area (Å²) in [6, 6.07) is 5.34. The molecule has 0 saturated heterocycles. The van der Waals surface area contributed by atoms with Crippen LogP contribution >= 0.6 is 0 Å². The van der Waals surface area contributed by atoms with Crippen LogP contribution in [0.1, 0.15) is 19.9 Å². The van der Waals surface area contributed by atoms with Crippen molar-refractivity contribution < 1.29 is 9.90 Å². The zero-order valence-electron chi connectivity index (χ0n) is 10.6. The molecule has 6 heteroatoms. The SMILES string of the molecule is CC(C)[13C@@H](C(=O)O)n1c(=O)[nH]c2ccccc2c1=O. The van der Waals surface area contributed by atoms with Crippen molar-refractivity contribution in [3.8, 4) is 0 Å². The van der Waals surface area contributed by atoms with Gasteiger partial charge in [-0.25, -0.2) is 14.2 Å². The number of aromatic amines is 1. The number of nitrogens with zero attached hydrogens (tertiary/aromatic N) is 1. The molecule has 0 radical (unpaired) electrons. The fraction of sp³-hybridized carbons (Fsp3) is 0.308. The van der Waals surface area contributed by atoms with Gasteiger partial charge in [-0.05, 0) is 18.1 Å². The summed E-state index contributed by atoms with van der Waals surface area (Å²) in [7, 11) is 0. The predicted octanol–water partition coefficient (Wildman–Crippen LogP) is 0.971. The van der Waals surface area contributed by atoms with Crippen molar-refractivity contribution in [1.82, 2.24) is 9.55 Å². The maximum Gasteiger partial charge on any atom is 0.329 e. The van der Waals surface area contributed by atoms with Gasteiger partial charge in [-0.3, -0.25) is 4.79 Å². The molecule has 2 aromatic rings. The second-order valence-corrected chi connectivity index (χ2v) is 4.68. The number of hydrogen-bond donors (Lipinski definition) is 2. The van der Waals surface area contributed by atoms with Gasteiger partial charge in [0, 0.05) is 0 Å². The number of hydrogen-bond acceptors (Lipinski definition) is 3. The smallest absolute Gasteiger partial charge is 0.329 e. The Balaban J connectivity index is 2.84. The van der Waals surface area contributed by atoms with Gasteiger partial charge in [-0.2, -0.15) is 0 Å². The highest BCUT2D eigenvalue weighted by Crippen LogP contribution is 2.15. The Morgan fingerprint density at radius 2 is 1.89 bits per heavy atom. The fourth-order valence-corrected chi connectivity index (χ4v) is 2.12. The third kappa shape index (κ3) is 2.16. The molecule has 0 aliphatic heterocycles. The number of nitrogens with one attached hydrogen (secondary N) is 1. The van der Waals surface area contributed by atoms with Crippen molar-refractivity contribution in [2.24, 2.45) is 5.92 Å². The first-order chi connectivity index (χ1) is 8.93. The molecular formula is C13H14N2O4. The van der Waals surface area contributed by atoms with Gasteiger partial charge < -0.3 is 10.1 Å². The van der Waals surface area contributed by atoms with Crippen molar-refractivity contribution in [1.29, 1.82) is 0 Å². The minimum absolute atomic E-state index is 0.300. The molecule has 19 heavy (non-hydrogen) atoms. The first-order valence-electron chi connectivity index (χ1n) is 5.90. The topological polar surface area (TPSA) is 92.2 Å². The van der Waals surface area contributed by atoms with E-state index in [2.05, 4.69) is 4.98 Å². The molecule has 100 valence electrons. The zero-order valence-corrected chi connectivity index (χ0v) is 10.6. The highest BCUT2D eigenvalue weighted by molar-refractivity contribution is 5.78. The number of para-hydroxylation sites is 1. The average Bonchev–Trinajstić information content (AvgIpc) is 2.33. The van der Waals surface area contributed by atoms with Crippen molar-refractivity contribution in [3.63, 3.8) is 0 Å². The van der Waals surface area contributed by atoms with Crippen LogP contribution in [0.5, 0.6) is 0 Å². The number of fused-ring (bicyclic) bond motifs is 1. The number of rotatable bonds is 3. The molecule has 1 atom stereocenters. The monoisotopic (exact) mass is 263 g/mol. The van der Waals surface area contributed by atoms with Gasteiger partial charge in [0.05, 0.1) is 10.9 Å². The minimum atomic E-state index is -1.20. The minimum Gasteiger partial charge on any atom is -0.480 e. The third-order valence-electron chi connectivity index (χ3n) is 3.00. The van der Waals surface area contributed by atoms with Crippen molar-refractivity contribution in [2.45, 2.75) is 19.9 Å². The summed E-state index contributed by atoms with van der Waals surface area (Å²) in [6.45, 7) is 3.31. The summed E-state index contributed by atoms with van der Waals surface area (Å²) in [5, 5.41) is 9.51. The van der Waals surface area contributed by atoms with E-state index < -0.39 is 23.3 Å². The van der Waals surface area contributed by atoms with Gasteiger partial charge in [0.25, 0.3) is 5.56 Å². The molecule has 0 bridgehead atoms. The fourth-order valence-electron chi connectivity index (χ4n) is 2.12. The summed E-state index contributed by atoms with van der Waals surface area (Å²) in [6.07, 6.45) is 0. The molecule has 6 nitrogen and oxygen atoms in total. The van der Waals surface area contributed by atoms with E-state index in [1.807, 2.05) is 0 Å². The lowest BCUT2D eigenvalue weighted by molar-refractivity contribution is -0.142. The van der Waals surface area contributed by atoms with Crippen LogP contribution in [0.4, 0.5) is 0 Å². The molecule has 1 aromatic heterocycles. The van der Waals surface area contributed by atoms with E-state index in [0.29, 0.717) is 10.9 Å². The van der Waals surface area contributed by atoms with Gasteiger partial charge in [-0.15, -0.1) is 0 Å². The van der Waals surface area contributed by atoms with Crippen LogP contribution in [-0.4, -0.2) is 20.6 Å². The lowest BCUT2D eigenvalue weighted by atomic mass is 10.2. The van der Waals surface area contributed by atoms with Crippen LogP contribution in [0.3, 0.4) is 0 Å². The van der Waals surface area contributed by atoms with E-state index in [-0.39, 0.29) is 5.92 Å². The van der Waals surface area contributed by atoms with Crippen molar-refractivity contribution >= 4 is 16.9 Å². The number of aliphatic carboxylic acids is 1. The van der Waals surface area contributed by atoms with Crippen LogP contribution < -0.4 is 11.2 Å². The van der Waals surface area contributed by atoms with Gasteiger partial charge in [0.1, 0.15) is 6.04 Å². The Morgan fingerprint density at radius 1 is 1.26 bits per heavy atom. The normalized spacial score (nSPS) is 12.8. The molecule has 0 aliphatic rings. The molecule has 0 aliphatic carbocycles. The second kappa shape index (κ2) is 4.72. The molecule has 0 amide bonds. The number of carboxylic acid groups (broad SMARTS) is 1. The Morgan fingerprint density at radius 3 is 2.47 bits per heavy atom. The standard InChI is InChI=1S/C13H14N2O4/c1-7(2)10(12(17)18)15-11(16)8-5-3-4-6-9(8)14-13(15)19/h3-7,10H,1-2H3,(H,14,19)(H,17,18)/t10-/m0/s1/i10+1. The summed E-state index contributed by atoms with van der Waals surface area (Å²) in [5.41, 5.74) is -0.883. The molecule has 1 heterocycles. The van der Waals surface area contributed by atoms with Gasteiger partial charge >= 0.3 is 11.7 Å². The lowest BCUT2D eigenvalue weighted by Gasteiger charge is -2.18. The summed E-state index contributed by atoms with van der Waals surface area (Å²) in [5.74, 6) is -1.57. The Hall–Kier alpha value is -2.37. The summed E-state index contributed by atoms with van der Waals surface area (Å²) in [4.78, 5) is 38.0. The number of benzene rings is 1. The van der Waals surface area contributed by atoms with Gasteiger partial charge in [0.15, 0.2) is 0 Å². The first kappa shape index (κ1) is 13.1. The Labute approximate surface area is 108 Å². The van der Waals surface area contributed by atoms with Crippen LogP contribution in [0.2, 0.25) is 0 Å². The number of H-pyrrole nitrogens is 1. The molecular weight excluding hydrogens is 249 g/mol. The molecule has 0 fully saturated rings. The van der Waals surface area contributed by atoms with Crippen molar-refractivity contribution in [3.05, 3.63) is 45.1 Å². The number of carboxylic acids is 1. The van der Waals surface area contributed by atoms with E-state index in [9.17, 15) is 19.5 Å². The van der Waals surface area contributed by atoms with Gasteiger partial charge in [0.2, 0.25) is 0 Å². The molecule has 2 rings (SSSR count). The maximum absolute atomic E-state index is 12.3. The van der Waals surface area contributed by atoms with E-state index in [4.69, 9.17) is 0 Å². The quantitative estimate of drug-likeness (QED) is 0.807. The third-order valence-corrected chi connectivity index (χ3v) is 3.00. The zero-order chi connectivity index (χ0) is 14.2. The molecule has 0 saturated carbocycles. The van der Waals surface area contributed by atoms with E-state index in [0.717, 1.165) is 4.57 Å². The molecule has 2 N–H and O–H groups in total. The summed E-state index contributed by atoms with van der Waals surface area (Å²) >= 11 is 0. The Bertz CT molecular complexity index is 742. The number of aromatic nitrogens is 2. The predicted molar refractivity (Wildman–Crippen MR) is 70.3 cm³/mol. The number of carbonyl (C=O) groups is 1. The van der Waals surface area contributed by atoms with Crippen LogP contribution in [0.25, 0.3) is 10.9 Å². The average molecular weight is 263 g/mol. The molecule has 0 unspecified atom stereocenters. The van der Waals surface area contributed by atoms with E-state index >= 15 is 0 Å². The van der Waals surface area contributed by atoms with E-state index in [1.165, 1.54) is 0 Å². The highest BCUT2D eigenvalue weighted by Gasteiger charge is 2.27. The molecule has 1 aromatic carbocycles. The van der Waals surface area contributed by atoms with E-state index in [1.54, 1.807) is 38.1 Å².